The summed E-state index contributed by atoms with van der Waals surface area (Å²) in [4.78, 5) is 22.8. The monoisotopic (exact) mass is 281 g/mol. The van der Waals surface area contributed by atoms with Crippen LogP contribution in [0.2, 0.25) is 5.15 Å². The summed E-state index contributed by atoms with van der Waals surface area (Å²) in [6.07, 6.45) is 0.680. The molecule has 6 nitrogen and oxygen atoms in total. The Labute approximate surface area is 113 Å². The maximum atomic E-state index is 11.9. The Balaban J connectivity index is 2.05. The van der Waals surface area contributed by atoms with Gasteiger partial charge in [-0.3, -0.25) is 4.79 Å². The molecule has 19 heavy (non-hydrogen) atoms. The van der Waals surface area contributed by atoms with E-state index in [1.807, 2.05) is 0 Å². The summed E-state index contributed by atoms with van der Waals surface area (Å²) >= 11 is 6.05. The highest BCUT2D eigenvalue weighted by Crippen LogP contribution is 2.22. The number of nitrogens with zero attached hydrogens (tertiary/aromatic N) is 2. The fourth-order valence-corrected chi connectivity index (χ4v) is 2.28. The van der Waals surface area contributed by atoms with Gasteiger partial charge in [-0.2, -0.15) is 0 Å². The van der Waals surface area contributed by atoms with Crippen molar-refractivity contribution in [3.8, 4) is 5.75 Å². The van der Waals surface area contributed by atoms with E-state index in [0.717, 1.165) is 6.42 Å². The van der Waals surface area contributed by atoms with Crippen LogP contribution in [0.5, 0.6) is 5.75 Å². The maximum absolute atomic E-state index is 11.9. The number of H-pyrrole nitrogens is 1. The first-order valence-corrected chi connectivity index (χ1v) is 6.33. The van der Waals surface area contributed by atoms with E-state index < -0.39 is 0 Å². The lowest BCUT2D eigenvalue weighted by Gasteiger charge is -2.11. The van der Waals surface area contributed by atoms with Crippen LogP contribution >= 0.6 is 11.6 Å². The van der Waals surface area contributed by atoms with E-state index in [2.05, 4.69) is 15.0 Å². The van der Waals surface area contributed by atoms with E-state index in [0.29, 0.717) is 35.2 Å². The molecule has 0 bridgehead atoms. The van der Waals surface area contributed by atoms with E-state index in [1.54, 1.807) is 13.0 Å². The van der Waals surface area contributed by atoms with Gasteiger partial charge in [0.2, 0.25) is 0 Å². The average molecular weight is 282 g/mol. The number of hydrogen-bond donors (Lipinski definition) is 1. The van der Waals surface area contributed by atoms with Gasteiger partial charge in [-0.05, 0) is 13.0 Å². The number of aryl methyl sites for hydroxylation is 1. The van der Waals surface area contributed by atoms with Crippen LogP contribution in [0.25, 0.3) is 11.0 Å². The van der Waals surface area contributed by atoms with Gasteiger partial charge in [0, 0.05) is 6.42 Å². The van der Waals surface area contributed by atoms with Gasteiger partial charge in [-0.1, -0.05) is 11.6 Å². The number of pyridine rings is 1. The Morgan fingerprint density at radius 1 is 1.53 bits per heavy atom. The van der Waals surface area contributed by atoms with E-state index in [1.165, 1.54) is 0 Å². The predicted octanol–water partition coefficient (Wildman–Crippen LogP) is 1.45. The van der Waals surface area contributed by atoms with E-state index in [9.17, 15) is 4.79 Å². The van der Waals surface area contributed by atoms with Crippen molar-refractivity contribution >= 4 is 22.6 Å². The molecular weight excluding hydrogens is 270 g/mol. The second kappa shape index (κ2) is 4.79. The molecule has 3 heterocycles. The Bertz CT molecular complexity index is 680. The van der Waals surface area contributed by atoms with Gasteiger partial charge in [-0.25, -0.2) is 9.97 Å². The molecule has 1 fully saturated rings. The molecule has 1 aliphatic rings. The molecule has 1 atom stereocenters. The van der Waals surface area contributed by atoms with Crippen molar-refractivity contribution in [2.24, 2.45) is 0 Å². The van der Waals surface area contributed by atoms with Gasteiger partial charge < -0.3 is 14.5 Å². The standard InChI is InChI=1S/C12H12ClN3O3/c1-6-14-10(13)8-4-9(12(17)16-11(8)15-6)19-7-2-3-18-5-7/h4,7H,2-3,5H2,1H3,(H,14,15,16,17)/t7-/m1/s1. The third kappa shape index (κ3) is 2.41. The summed E-state index contributed by atoms with van der Waals surface area (Å²) < 4.78 is 10.8. The van der Waals surface area contributed by atoms with Gasteiger partial charge in [0.15, 0.2) is 5.75 Å². The third-order valence-electron chi connectivity index (χ3n) is 2.92. The minimum atomic E-state index is -0.325. The molecule has 1 N–H and O–H groups in total. The Morgan fingerprint density at radius 2 is 2.37 bits per heavy atom. The zero-order valence-electron chi connectivity index (χ0n) is 10.3. The topological polar surface area (TPSA) is 77.1 Å². The fourth-order valence-electron chi connectivity index (χ4n) is 2.01. The number of rotatable bonds is 2. The molecule has 0 spiro atoms. The Kier molecular flexibility index (Phi) is 3.12. The number of nitrogens with one attached hydrogen (secondary N) is 1. The van der Waals surface area contributed by atoms with Gasteiger partial charge >= 0.3 is 0 Å². The molecule has 0 amide bonds. The van der Waals surface area contributed by atoms with Crippen molar-refractivity contribution < 1.29 is 9.47 Å². The zero-order valence-corrected chi connectivity index (χ0v) is 11.0. The summed E-state index contributed by atoms with van der Waals surface area (Å²) in [5.74, 6) is 0.725. The van der Waals surface area contributed by atoms with Crippen molar-refractivity contribution in [1.82, 2.24) is 15.0 Å². The predicted molar refractivity (Wildman–Crippen MR) is 69.8 cm³/mol. The summed E-state index contributed by atoms with van der Waals surface area (Å²) in [5, 5.41) is 0.868. The van der Waals surface area contributed by atoms with Crippen LogP contribution in [-0.4, -0.2) is 34.3 Å². The first kappa shape index (κ1) is 12.4. The van der Waals surface area contributed by atoms with Crippen LogP contribution in [-0.2, 0) is 4.74 Å². The van der Waals surface area contributed by atoms with Crippen LogP contribution in [0.3, 0.4) is 0 Å². The fraction of sp³-hybridized carbons (Fsp3) is 0.417. The number of halogens is 1. The minimum Gasteiger partial charge on any atom is -0.482 e. The van der Waals surface area contributed by atoms with E-state index in [4.69, 9.17) is 21.1 Å². The number of aromatic nitrogens is 3. The lowest BCUT2D eigenvalue weighted by atomic mass is 10.3. The summed E-state index contributed by atoms with van der Waals surface area (Å²) in [6.45, 7) is 2.86. The number of hydrogen-bond acceptors (Lipinski definition) is 5. The SMILES string of the molecule is Cc1nc(Cl)c2cc(O[C@@H]3CCOC3)c(=O)[nH]c2n1. The quantitative estimate of drug-likeness (QED) is 0.843. The third-order valence-corrected chi connectivity index (χ3v) is 3.21. The number of ether oxygens (including phenoxy) is 2. The Morgan fingerprint density at radius 3 is 3.11 bits per heavy atom. The summed E-state index contributed by atoms with van der Waals surface area (Å²) in [7, 11) is 0. The highest BCUT2D eigenvalue weighted by atomic mass is 35.5. The normalized spacial score (nSPS) is 18.9. The largest absolute Gasteiger partial charge is 0.482 e. The van der Waals surface area contributed by atoms with Crippen molar-refractivity contribution in [1.29, 1.82) is 0 Å². The molecule has 1 saturated heterocycles. The average Bonchev–Trinajstić information content (AvgIpc) is 2.83. The van der Waals surface area contributed by atoms with Crippen LogP contribution in [0.4, 0.5) is 0 Å². The molecule has 3 rings (SSSR count). The lowest BCUT2D eigenvalue weighted by Crippen LogP contribution is -2.21. The molecule has 0 saturated carbocycles. The van der Waals surface area contributed by atoms with Crippen LogP contribution < -0.4 is 10.3 Å². The minimum absolute atomic E-state index is 0.0938. The van der Waals surface area contributed by atoms with Gasteiger partial charge in [0.05, 0.1) is 18.6 Å². The first-order valence-electron chi connectivity index (χ1n) is 5.95. The van der Waals surface area contributed by atoms with Crippen LogP contribution in [0, 0.1) is 6.92 Å². The van der Waals surface area contributed by atoms with Gasteiger partial charge in [0.1, 0.15) is 22.7 Å². The van der Waals surface area contributed by atoms with Gasteiger partial charge in [0.25, 0.3) is 5.56 Å². The maximum Gasteiger partial charge on any atom is 0.291 e. The molecule has 0 aliphatic carbocycles. The molecule has 7 heteroatoms. The van der Waals surface area contributed by atoms with Crippen LogP contribution in [0.15, 0.2) is 10.9 Å². The van der Waals surface area contributed by atoms with Crippen molar-refractivity contribution in [3.63, 3.8) is 0 Å². The molecule has 2 aromatic rings. The second-order valence-corrected chi connectivity index (χ2v) is 4.75. The molecular formula is C12H12ClN3O3. The molecule has 0 aromatic carbocycles. The second-order valence-electron chi connectivity index (χ2n) is 4.39. The van der Waals surface area contributed by atoms with E-state index >= 15 is 0 Å². The van der Waals surface area contributed by atoms with Crippen molar-refractivity contribution in [2.45, 2.75) is 19.4 Å². The molecule has 2 aromatic heterocycles. The number of fused-ring (bicyclic) bond motifs is 1. The molecule has 0 unspecified atom stereocenters. The highest BCUT2D eigenvalue weighted by Gasteiger charge is 2.19. The van der Waals surface area contributed by atoms with Crippen molar-refractivity contribution in [3.05, 3.63) is 27.4 Å². The summed E-state index contributed by atoms with van der Waals surface area (Å²) in [5.41, 5.74) is 0.0890. The number of aromatic amines is 1. The molecule has 100 valence electrons. The lowest BCUT2D eigenvalue weighted by molar-refractivity contribution is 0.140. The van der Waals surface area contributed by atoms with E-state index in [-0.39, 0.29) is 17.4 Å². The highest BCUT2D eigenvalue weighted by molar-refractivity contribution is 6.33. The zero-order chi connectivity index (χ0) is 13.4. The Hall–Kier alpha value is -1.66. The molecule has 1 aliphatic heterocycles. The summed E-state index contributed by atoms with van der Waals surface area (Å²) in [6, 6.07) is 1.58. The van der Waals surface area contributed by atoms with Crippen molar-refractivity contribution in [2.75, 3.05) is 13.2 Å². The molecule has 0 radical (unpaired) electrons. The van der Waals surface area contributed by atoms with Gasteiger partial charge in [-0.15, -0.1) is 0 Å². The van der Waals surface area contributed by atoms with Crippen LogP contribution in [0.1, 0.15) is 12.2 Å². The smallest absolute Gasteiger partial charge is 0.291 e. The first-order chi connectivity index (χ1) is 9.13.